The van der Waals surface area contributed by atoms with Gasteiger partial charge in [-0.15, -0.1) is 0 Å². The zero-order valence-electron chi connectivity index (χ0n) is 10.6. The first-order chi connectivity index (χ1) is 8.26. The highest BCUT2D eigenvalue weighted by atomic mass is 16.5. The third kappa shape index (κ3) is 1.83. The van der Waals surface area contributed by atoms with E-state index in [1.54, 1.807) is 0 Å². The van der Waals surface area contributed by atoms with E-state index in [2.05, 4.69) is 0 Å². The molecule has 3 aliphatic rings. The van der Waals surface area contributed by atoms with Crippen molar-refractivity contribution in [2.24, 2.45) is 28.9 Å². The van der Waals surface area contributed by atoms with Gasteiger partial charge >= 0.3 is 0 Å². The number of hydrogen-bond donors (Lipinski definition) is 2. The lowest BCUT2D eigenvalue weighted by molar-refractivity contribution is -0.0881. The molecule has 5 atom stereocenters. The Labute approximate surface area is 104 Å². The van der Waals surface area contributed by atoms with E-state index in [1.807, 2.05) is 0 Å². The van der Waals surface area contributed by atoms with Crippen LogP contribution in [-0.4, -0.2) is 31.0 Å². The van der Waals surface area contributed by atoms with Crippen LogP contribution < -0.4 is 5.73 Å². The fraction of sp³-hybridized carbons (Fsp3) is 1.00. The molecule has 1 aliphatic heterocycles. The van der Waals surface area contributed by atoms with Gasteiger partial charge in [-0.1, -0.05) is 6.42 Å². The lowest BCUT2D eigenvalue weighted by Crippen LogP contribution is -2.50. The quantitative estimate of drug-likeness (QED) is 0.785. The molecular weight excluding hydrogens is 214 g/mol. The van der Waals surface area contributed by atoms with E-state index >= 15 is 0 Å². The Morgan fingerprint density at radius 3 is 2.76 bits per heavy atom. The van der Waals surface area contributed by atoms with Crippen LogP contribution in [-0.2, 0) is 4.74 Å². The molecule has 2 bridgehead atoms. The second-order valence-electron chi connectivity index (χ2n) is 6.44. The Balaban J connectivity index is 1.75. The maximum Gasteiger partial charge on any atom is 0.0661 e. The average molecular weight is 239 g/mol. The predicted octanol–water partition coefficient (Wildman–Crippen LogP) is 1.54. The SMILES string of the molecule is NCC1(C(O)C2CCCOC2)CC2CCC1C2. The molecule has 3 rings (SSSR count). The molecule has 0 aromatic carbocycles. The van der Waals surface area contributed by atoms with Gasteiger partial charge in [0.05, 0.1) is 12.7 Å². The van der Waals surface area contributed by atoms with Crippen LogP contribution in [0.5, 0.6) is 0 Å². The zero-order valence-corrected chi connectivity index (χ0v) is 10.6. The highest BCUT2D eigenvalue weighted by Crippen LogP contribution is 2.58. The van der Waals surface area contributed by atoms with Crippen molar-refractivity contribution in [2.45, 2.75) is 44.6 Å². The van der Waals surface area contributed by atoms with Crippen LogP contribution >= 0.6 is 0 Å². The highest BCUT2D eigenvalue weighted by Gasteiger charge is 2.55. The van der Waals surface area contributed by atoms with Crippen LogP contribution in [0.15, 0.2) is 0 Å². The van der Waals surface area contributed by atoms with E-state index < -0.39 is 0 Å². The van der Waals surface area contributed by atoms with Gasteiger partial charge in [0.2, 0.25) is 0 Å². The monoisotopic (exact) mass is 239 g/mol. The van der Waals surface area contributed by atoms with Gasteiger partial charge in [0, 0.05) is 24.5 Å². The summed E-state index contributed by atoms with van der Waals surface area (Å²) in [6.07, 6.45) is 7.08. The number of fused-ring (bicyclic) bond motifs is 2. The smallest absolute Gasteiger partial charge is 0.0661 e. The van der Waals surface area contributed by atoms with Crippen molar-refractivity contribution in [2.75, 3.05) is 19.8 Å². The topological polar surface area (TPSA) is 55.5 Å². The minimum atomic E-state index is -0.233. The Hall–Kier alpha value is -0.120. The van der Waals surface area contributed by atoms with Gasteiger partial charge in [-0.25, -0.2) is 0 Å². The molecule has 5 unspecified atom stereocenters. The second kappa shape index (κ2) is 4.52. The number of hydrogen-bond acceptors (Lipinski definition) is 3. The normalized spacial score (nSPS) is 47.3. The van der Waals surface area contributed by atoms with E-state index in [0.29, 0.717) is 18.4 Å². The highest BCUT2D eigenvalue weighted by molar-refractivity contribution is 5.05. The molecule has 2 aliphatic carbocycles. The molecular formula is C14H25NO2. The Bertz CT molecular complexity index is 277. The van der Waals surface area contributed by atoms with Crippen LogP contribution in [0.2, 0.25) is 0 Å². The summed E-state index contributed by atoms with van der Waals surface area (Å²) >= 11 is 0. The maximum atomic E-state index is 10.8. The van der Waals surface area contributed by atoms with Crippen LogP contribution in [0.3, 0.4) is 0 Å². The summed E-state index contributed by atoms with van der Waals surface area (Å²) in [6.45, 7) is 2.26. The Kier molecular flexibility index (Phi) is 3.18. The third-order valence-corrected chi connectivity index (χ3v) is 5.63. The molecule has 0 amide bonds. The van der Waals surface area contributed by atoms with Crippen molar-refractivity contribution in [1.82, 2.24) is 0 Å². The Morgan fingerprint density at radius 2 is 2.24 bits per heavy atom. The van der Waals surface area contributed by atoms with Gasteiger partial charge in [0.25, 0.3) is 0 Å². The fourth-order valence-electron chi connectivity index (χ4n) is 4.70. The molecule has 98 valence electrons. The summed E-state index contributed by atoms with van der Waals surface area (Å²) in [5.41, 5.74) is 6.08. The number of rotatable bonds is 3. The molecule has 1 heterocycles. The van der Waals surface area contributed by atoms with Gasteiger partial charge in [-0.3, -0.25) is 0 Å². The molecule has 3 nitrogen and oxygen atoms in total. The first kappa shape index (κ1) is 11.9. The molecule has 17 heavy (non-hydrogen) atoms. The second-order valence-corrected chi connectivity index (χ2v) is 6.44. The molecule has 0 aromatic heterocycles. The molecule has 1 saturated heterocycles. The van der Waals surface area contributed by atoms with Crippen molar-refractivity contribution >= 4 is 0 Å². The molecule has 0 aromatic rings. The summed E-state index contributed by atoms with van der Waals surface area (Å²) in [5, 5.41) is 10.8. The summed E-state index contributed by atoms with van der Waals surface area (Å²) in [7, 11) is 0. The van der Waals surface area contributed by atoms with Crippen LogP contribution in [0.1, 0.15) is 38.5 Å². The number of aliphatic hydroxyl groups excluding tert-OH is 1. The summed E-state index contributed by atoms with van der Waals surface area (Å²) in [5.74, 6) is 1.84. The Morgan fingerprint density at radius 1 is 1.35 bits per heavy atom. The minimum absolute atomic E-state index is 0.0221. The largest absolute Gasteiger partial charge is 0.392 e. The fourth-order valence-corrected chi connectivity index (χ4v) is 4.70. The van der Waals surface area contributed by atoms with Gasteiger partial charge < -0.3 is 15.6 Å². The van der Waals surface area contributed by atoms with Crippen molar-refractivity contribution < 1.29 is 9.84 Å². The van der Waals surface area contributed by atoms with E-state index in [-0.39, 0.29) is 11.5 Å². The van der Waals surface area contributed by atoms with Gasteiger partial charge in [0.15, 0.2) is 0 Å². The third-order valence-electron chi connectivity index (χ3n) is 5.63. The molecule has 0 spiro atoms. The van der Waals surface area contributed by atoms with Crippen LogP contribution in [0.4, 0.5) is 0 Å². The molecule has 0 radical (unpaired) electrons. The molecule has 3 heteroatoms. The average Bonchev–Trinajstić information content (AvgIpc) is 2.99. The number of nitrogens with two attached hydrogens (primary N) is 1. The van der Waals surface area contributed by atoms with Crippen LogP contribution in [0.25, 0.3) is 0 Å². The standard InChI is InChI=1S/C14H25NO2/c15-9-14(7-10-3-4-12(14)6-10)13(16)11-2-1-5-17-8-11/h10-13,16H,1-9,15H2. The van der Waals surface area contributed by atoms with E-state index in [9.17, 15) is 5.11 Å². The van der Waals surface area contributed by atoms with Crippen molar-refractivity contribution in [3.63, 3.8) is 0 Å². The lowest BCUT2D eigenvalue weighted by Gasteiger charge is -2.44. The van der Waals surface area contributed by atoms with Crippen LogP contribution in [0, 0.1) is 23.2 Å². The number of aliphatic hydroxyl groups is 1. The van der Waals surface area contributed by atoms with Crippen molar-refractivity contribution in [1.29, 1.82) is 0 Å². The summed E-state index contributed by atoms with van der Waals surface area (Å²) in [6, 6.07) is 0. The molecule has 2 saturated carbocycles. The summed E-state index contributed by atoms with van der Waals surface area (Å²) in [4.78, 5) is 0. The van der Waals surface area contributed by atoms with Crippen molar-refractivity contribution in [3.05, 3.63) is 0 Å². The lowest BCUT2D eigenvalue weighted by atomic mass is 9.65. The summed E-state index contributed by atoms with van der Waals surface area (Å²) < 4.78 is 5.53. The molecule has 3 fully saturated rings. The first-order valence-electron chi connectivity index (χ1n) is 7.22. The van der Waals surface area contributed by atoms with E-state index in [0.717, 1.165) is 38.4 Å². The van der Waals surface area contributed by atoms with Crippen molar-refractivity contribution in [3.8, 4) is 0 Å². The minimum Gasteiger partial charge on any atom is -0.392 e. The van der Waals surface area contributed by atoms with E-state index in [1.165, 1.54) is 19.3 Å². The van der Waals surface area contributed by atoms with E-state index in [4.69, 9.17) is 10.5 Å². The number of ether oxygens (including phenoxy) is 1. The molecule has 3 N–H and O–H groups in total. The first-order valence-corrected chi connectivity index (χ1v) is 7.22. The van der Waals surface area contributed by atoms with Gasteiger partial charge in [-0.05, 0) is 43.9 Å². The zero-order chi connectivity index (χ0) is 11.9. The van der Waals surface area contributed by atoms with Gasteiger partial charge in [0.1, 0.15) is 0 Å². The maximum absolute atomic E-state index is 10.8. The van der Waals surface area contributed by atoms with Gasteiger partial charge in [-0.2, -0.15) is 0 Å². The predicted molar refractivity (Wildman–Crippen MR) is 66.5 cm³/mol.